The summed E-state index contributed by atoms with van der Waals surface area (Å²) in [5, 5.41) is 22.8. The van der Waals surface area contributed by atoms with Gasteiger partial charge in [-0.3, -0.25) is 0 Å². The zero-order valence-electron chi connectivity index (χ0n) is 10.4. The van der Waals surface area contributed by atoms with Gasteiger partial charge >= 0.3 is 0 Å². The SMILES string of the molecule is COc1cc(CNCC2(O)CCC2)c(Br)cc1O. The van der Waals surface area contributed by atoms with Crippen molar-refractivity contribution in [3.8, 4) is 11.5 Å². The Balaban J connectivity index is 1.96. The third kappa shape index (κ3) is 2.96. The highest BCUT2D eigenvalue weighted by Crippen LogP contribution is 2.33. The second-order valence-corrected chi connectivity index (χ2v) is 5.65. The first-order chi connectivity index (χ1) is 8.54. The second-order valence-electron chi connectivity index (χ2n) is 4.80. The Hall–Kier alpha value is -0.780. The van der Waals surface area contributed by atoms with Gasteiger partial charge in [-0.2, -0.15) is 0 Å². The number of benzene rings is 1. The molecule has 5 heteroatoms. The number of aromatic hydroxyl groups is 1. The Kier molecular flexibility index (Phi) is 4.14. The maximum Gasteiger partial charge on any atom is 0.160 e. The van der Waals surface area contributed by atoms with Gasteiger partial charge in [-0.1, -0.05) is 15.9 Å². The van der Waals surface area contributed by atoms with E-state index in [0.29, 0.717) is 18.8 Å². The van der Waals surface area contributed by atoms with E-state index in [1.54, 1.807) is 12.1 Å². The molecular formula is C13H18BrNO3. The summed E-state index contributed by atoms with van der Waals surface area (Å²) < 4.78 is 5.90. The maximum absolute atomic E-state index is 9.96. The molecular weight excluding hydrogens is 298 g/mol. The highest BCUT2D eigenvalue weighted by molar-refractivity contribution is 9.10. The van der Waals surface area contributed by atoms with Gasteiger partial charge in [-0.05, 0) is 37.0 Å². The van der Waals surface area contributed by atoms with Crippen LogP contribution in [0, 0.1) is 0 Å². The van der Waals surface area contributed by atoms with Crippen molar-refractivity contribution in [2.24, 2.45) is 0 Å². The van der Waals surface area contributed by atoms with Crippen LogP contribution in [0.4, 0.5) is 0 Å². The largest absolute Gasteiger partial charge is 0.504 e. The van der Waals surface area contributed by atoms with Crippen LogP contribution >= 0.6 is 15.9 Å². The molecule has 0 aromatic heterocycles. The summed E-state index contributed by atoms with van der Waals surface area (Å²) in [5.41, 5.74) is 0.473. The van der Waals surface area contributed by atoms with E-state index in [1.807, 2.05) is 0 Å². The molecule has 1 saturated carbocycles. The Morgan fingerprint density at radius 2 is 2.17 bits per heavy atom. The standard InChI is InChI=1S/C13H18BrNO3/c1-18-12-5-9(10(14)6-11(12)16)7-15-8-13(17)3-2-4-13/h5-6,15-17H,2-4,7-8H2,1H3. The number of ether oxygens (including phenoxy) is 1. The molecule has 1 aromatic carbocycles. The minimum Gasteiger partial charge on any atom is -0.504 e. The van der Waals surface area contributed by atoms with Crippen LogP contribution < -0.4 is 10.1 Å². The fraction of sp³-hybridized carbons (Fsp3) is 0.538. The lowest BCUT2D eigenvalue weighted by Gasteiger charge is -2.36. The zero-order valence-corrected chi connectivity index (χ0v) is 12.0. The number of phenolic OH excluding ortho intramolecular Hbond substituents is 1. The summed E-state index contributed by atoms with van der Waals surface area (Å²) in [6.07, 6.45) is 2.86. The van der Waals surface area contributed by atoms with Crippen LogP contribution in [0.5, 0.6) is 11.5 Å². The van der Waals surface area contributed by atoms with Crippen LogP contribution in [-0.2, 0) is 6.54 Å². The zero-order chi connectivity index (χ0) is 13.2. The number of aliphatic hydroxyl groups is 1. The minimum absolute atomic E-state index is 0.116. The quantitative estimate of drug-likeness (QED) is 0.779. The summed E-state index contributed by atoms with van der Waals surface area (Å²) in [6, 6.07) is 3.41. The molecule has 18 heavy (non-hydrogen) atoms. The van der Waals surface area contributed by atoms with E-state index >= 15 is 0 Å². The Morgan fingerprint density at radius 3 is 2.72 bits per heavy atom. The molecule has 3 N–H and O–H groups in total. The lowest BCUT2D eigenvalue weighted by Crippen LogP contribution is -2.46. The molecule has 100 valence electrons. The third-order valence-corrected chi connectivity index (χ3v) is 4.14. The maximum atomic E-state index is 9.96. The molecule has 1 aliphatic rings. The molecule has 0 amide bonds. The van der Waals surface area contributed by atoms with Crippen molar-refractivity contribution >= 4 is 15.9 Å². The number of phenols is 1. The van der Waals surface area contributed by atoms with Gasteiger partial charge in [0.15, 0.2) is 11.5 Å². The molecule has 1 fully saturated rings. The van der Waals surface area contributed by atoms with Gasteiger partial charge in [0.25, 0.3) is 0 Å². The summed E-state index contributed by atoms with van der Waals surface area (Å²) in [4.78, 5) is 0. The van der Waals surface area contributed by atoms with Crippen LogP contribution in [-0.4, -0.2) is 29.5 Å². The van der Waals surface area contributed by atoms with Crippen molar-refractivity contribution in [3.05, 3.63) is 22.2 Å². The van der Waals surface area contributed by atoms with Crippen molar-refractivity contribution in [2.75, 3.05) is 13.7 Å². The molecule has 0 unspecified atom stereocenters. The number of hydrogen-bond acceptors (Lipinski definition) is 4. The molecule has 1 aromatic rings. The molecule has 0 bridgehead atoms. The smallest absolute Gasteiger partial charge is 0.160 e. The minimum atomic E-state index is -0.520. The number of methoxy groups -OCH3 is 1. The second kappa shape index (κ2) is 5.47. The lowest BCUT2D eigenvalue weighted by molar-refractivity contribution is -0.0314. The van der Waals surface area contributed by atoms with Crippen LogP contribution in [0.3, 0.4) is 0 Å². The van der Waals surface area contributed by atoms with Gasteiger partial charge in [0, 0.05) is 17.6 Å². The van der Waals surface area contributed by atoms with E-state index in [9.17, 15) is 10.2 Å². The van der Waals surface area contributed by atoms with Crippen LogP contribution in [0.15, 0.2) is 16.6 Å². The summed E-state index contributed by atoms with van der Waals surface area (Å²) in [6.45, 7) is 1.22. The van der Waals surface area contributed by atoms with Gasteiger partial charge in [-0.15, -0.1) is 0 Å². The van der Waals surface area contributed by atoms with Crippen LogP contribution in [0.25, 0.3) is 0 Å². The van der Waals surface area contributed by atoms with E-state index in [-0.39, 0.29) is 5.75 Å². The van der Waals surface area contributed by atoms with Crippen LogP contribution in [0.2, 0.25) is 0 Å². The number of rotatable bonds is 5. The Bertz CT molecular complexity index is 432. The average Bonchev–Trinajstić information content (AvgIpc) is 2.29. The molecule has 4 nitrogen and oxygen atoms in total. The lowest BCUT2D eigenvalue weighted by atomic mass is 9.80. The monoisotopic (exact) mass is 315 g/mol. The third-order valence-electron chi connectivity index (χ3n) is 3.40. The first-order valence-corrected chi connectivity index (χ1v) is 6.82. The Morgan fingerprint density at radius 1 is 1.44 bits per heavy atom. The summed E-state index contributed by atoms with van der Waals surface area (Å²) >= 11 is 3.40. The van der Waals surface area contributed by atoms with Crippen molar-refractivity contribution in [1.82, 2.24) is 5.32 Å². The van der Waals surface area contributed by atoms with Crippen molar-refractivity contribution < 1.29 is 14.9 Å². The number of nitrogens with one attached hydrogen (secondary N) is 1. The molecule has 0 saturated heterocycles. The van der Waals surface area contributed by atoms with E-state index in [1.165, 1.54) is 7.11 Å². The van der Waals surface area contributed by atoms with Gasteiger partial charge < -0.3 is 20.3 Å². The van der Waals surface area contributed by atoms with Crippen molar-refractivity contribution in [1.29, 1.82) is 0 Å². The molecule has 0 heterocycles. The molecule has 0 radical (unpaired) electrons. The van der Waals surface area contributed by atoms with Gasteiger partial charge in [0.2, 0.25) is 0 Å². The van der Waals surface area contributed by atoms with Crippen molar-refractivity contribution in [2.45, 2.75) is 31.4 Å². The molecule has 1 aliphatic carbocycles. The van der Waals surface area contributed by atoms with E-state index in [4.69, 9.17) is 4.74 Å². The van der Waals surface area contributed by atoms with Crippen molar-refractivity contribution in [3.63, 3.8) is 0 Å². The average molecular weight is 316 g/mol. The Labute approximate surface area is 115 Å². The summed E-state index contributed by atoms with van der Waals surface area (Å²) in [7, 11) is 1.53. The van der Waals surface area contributed by atoms with E-state index < -0.39 is 5.60 Å². The summed E-state index contributed by atoms with van der Waals surface area (Å²) in [5.74, 6) is 0.572. The first-order valence-electron chi connectivity index (χ1n) is 6.02. The first kappa shape index (κ1) is 13.6. The molecule has 0 spiro atoms. The van der Waals surface area contributed by atoms with E-state index in [2.05, 4.69) is 21.2 Å². The number of hydrogen-bond donors (Lipinski definition) is 3. The highest BCUT2D eigenvalue weighted by atomic mass is 79.9. The fourth-order valence-electron chi connectivity index (χ4n) is 2.08. The van der Waals surface area contributed by atoms with Crippen LogP contribution in [0.1, 0.15) is 24.8 Å². The number of halogens is 1. The molecule has 0 atom stereocenters. The van der Waals surface area contributed by atoms with E-state index in [0.717, 1.165) is 29.3 Å². The molecule has 0 aliphatic heterocycles. The van der Waals surface area contributed by atoms with Gasteiger partial charge in [0.05, 0.1) is 12.7 Å². The molecule has 2 rings (SSSR count). The predicted molar refractivity (Wildman–Crippen MR) is 72.9 cm³/mol. The fourth-order valence-corrected chi connectivity index (χ4v) is 2.55. The van der Waals surface area contributed by atoms with Gasteiger partial charge in [-0.25, -0.2) is 0 Å². The predicted octanol–water partition coefficient (Wildman–Crippen LogP) is 2.17. The topological polar surface area (TPSA) is 61.7 Å². The highest BCUT2D eigenvalue weighted by Gasteiger charge is 2.33. The van der Waals surface area contributed by atoms with Gasteiger partial charge in [0.1, 0.15) is 0 Å². The normalized spacial score (nSPS) is 17.3.